The topological polar surface area (TPSA) is 57.4 Å². The minimum absolute atomic E-state index is 0.0106. The fourth-order valence-corrected chi connectivity index (χ4v) is 1.66. The predicted molar refractivity (Wildman–Crippen MR) is 63.6 cm³/mol. The van der Waals surface area contributed by atoms with E-state index in [9.17, 15) is 0 Å². The molecular formula is C12H20N2O2. The van der Waals surface area contributed by atoms with E-state index >= 15 is 0 Å². The lowest BCUT2D eigenvalue weighted by Crippen LogP contribution is -2.20. The van der Waals surface area contributed by atoms with E-state index in [4.69, 9.17) is 15.2 Å². The number of pyridine rings is 1. The Morgan fingerprint density at radius 1 is 1.44 bits per heavy atom. The lowest BCUT2D eigenvalue weighted by molar-refractivity contribution is 0.0912. The molecule has 4 nitrogen and oxygen atoms in total. The van der Waals surface area contributed by atoms with Crippen molar-refractivity contribution in [1.82, 2.24) is 4.98 Å². The normalized spacial score (nSPS) is 12.6. The smallest absolute Gasteiger partial charge is 0.127 e. The molecule has 0 aromatic carbocycles. The number of nitrogens with two attached hydrogens (primary N) is 1. The van der Waals surface area contributed by atoms with Crippen molar-refractivity contribution in [3.8, 4) is 5.75 Å². The van der Waals surface area contributed by atoms with Gasteiger partial charge in [0.05, 0.1) is 6.61 Å². The average Bonchev–Trinajstić information content (AvgIpc) is 2.17. The summed E-state index contributed by atoms with van der Waals surface area (Å²) in [6.45, 7) is 6.86. The lowest BCUT2D eigenvalue weighted by atomic mass is 10.1. The van der Waals surface area contributed by atoms with Crippen molar-refractivity contribution in [3.63, 3.8) is 0 Å². The Morgan fingerprint density at radius 3 is 2.69 bits per heavy atom. The first-order chi connectivity index (χ1) is 7.58. The molecule has 1 unspecified atom stereocenters. The molecule has 90 valence electrons. The number of rotatable bonds is 5. The van der Waals surface area contributed by atoms with Crippen LogP contribution < -0.4 is 10.5 Å². The number of hydrogen-bond donors (Lipinski definition) is 1. The Morgan fingerprint density at radius 2 is 2.12 bits per heavy atom. The van der Waals surface area contributed by atoms with Crippen LogP contribution in [0.25, 0.3) is 0 Å². The Bertz CT molecular complexity index is 353. The van der Waals surface area contributed by atoms with Crippen LogP contribution in [-0.2, 0) is 11.3 Å². The summed E-state index contributed by atoms with van der Waals surface area (Å²) in [5.74, 6) is 0.817. The molecule has 0 aliphatic heterocycles. The summed E-state index contributed by atoms with van der Waals surface area (Å²) >= 11 is 0. The van der Waals surface area contributed by atoms with E-state index in [0.717, 1.165) is 22.7 Å². The zero-order valence-corrected chi connectivity index (χ0v) is 10.4. The standard InChI is InChI=1S/C12H20N2O2/c1-8-5-12(16-9(2)7-15-4)11(6-13)10(3)14-8/h5,9H,6-7,13H2,1-4H3. The fraction of sp³-hybridized carbons (Fsp3) is 0.583. The zero-order valence-electron chi connectivity index (χ0n) is 10.4. The van der Waals surface area contributed by atoms with Gasteiger partial charge >= 0.3 is 0 Å². The first-order valence-electron chi connectivity index (χ1n) is 5.41. The lowest BCUT2D eigenvalue weighted by Gasteiger charge is -2.17. The van der Waals surface area contributed by atoms with Gasteiger partial charge in [0.2, 0.25) is 0 Å². The monoisotopic (exact) mass is 224 g/mol. The second-order valence-electron chi connectivity index (χ2n) is 3.91. The van der Waals surface area contributed by atoms with E-state index in [0.29, 0.717) is 13.2 Å². The van der Waals surface area contributed by atoms with Gasteiger partial charge in [-0.3, -0.25) is 4.98 Å². The third kappa shape index (κ3) is 3.18. The van der Waals surface area contributed by atoms with Crippen LogP contribution in [0, 0.1) is 13.8 Å². The Balaban J connectivity index is 2.93. The molecule has 0 saturated carbocycles. The SMILES string of the molecule is COCC(C)Oc1cc(C)nc(C)c1CN. The summed E-state index contributed by atoms with van der Waals surface area (Å²) in [4.78, 5) is 4.37. The van der Waals surface area contributed by atoms with Crippen LogP contribution in [0.2, 0.25) is 0 Å². The quantitative estimate of drug-likeness (QED) is 0.824. The number of ether oxygens (including phenoxy) is 2. The molecule has 1 aromatic heterocycles. The van der Waals surface area contributed by atoms with Crippen LogP contribution in [0.4, 0.5) is 0 Å². The summed E-state index contributed by atoms with van der Waals surface area (Å²) in [7, 11) is 1.66. The van der Waals surface area contributed by atoms with Gasteiger partial charge in [0.25, 0.3) is 0 Å². The van der Waals surface area contributed by atoms with Gasteiger partial charge in [0, 0.05) is 36.7 Å². The molecule has 0 saturated heterocycles. The van der Waals surface area contributed by atoms with Crippen molar-refractivity contribution in [2.75, 3.05) is 13.7 Å². The van der Waals surface area contributed by atoms with E-state index in [1.807, 2.05) is 26.8 Å². The van der Waals surface area contributed by atoms with Crippen LogP contribution in [-0.4, -0.2) is 24.8 Å². The average molecular weight is 224 g/mol. The van der Waals surface area contributed by atoms with E-state index in [1.54, 1.807) is 7.11 Å². The second-order valence-corrected chi connectivity index (χ2v) is 3.91. The van der Waals surface area contributed by atoms with Crippen LogP contribution in [0.5, 0.6) is 5.75 Å². The fourth-order valence-electron chi connectivity index (χ4n) is 1.66. The first-order valence-corrected chi connectivity index (χ1v) is 5.41. The summed E-state index contributed by atoms with van der Waals surface area (Å²) in [5, 5.41) is 0. The molecule has 1 rings (SSSR count). The van der Waals surface area contributed by atoms with Crippen LogP contribution >= 0.6 is 0 Å². The number of nitrogens with zero attached hydrogens (tertiary/aromatic N) is 1. The third-order valence-electron chi connectivity index (χ3n) is 2.35. The summed E-state index contributed by atoms with van der Waals surface area (Å²) in [6, 6.07) is 1.92. The van der Waals surface area contributed by atoms with Gasteiger partial charge < -0.3 is 15.2 Å². The minimum atomic E-state index is 0.0106. The van der Waals surface area contributed by atoms with Crippen molar-refractivity contribution in [2.45, 2.75) is 33.4 Å². The Hall–Kier alpha value is -1.13. The summed E-state index contributed by atoms with van der Waals surface area (Å²) < 4.78 is 10.8. The maximum Gasteiger partial charge on any atom is 0.127 e. The molecule has 16 heavy (non-hydrogen) atoms. The van der Waals surface area contributed by atoms with Crippen LogP contribution in [0.1, 0.15) is 23.9 Å². The number of aryl methyl sites for hydroxylation is 2. The van der Waals surface area contributed by atoms with Gasteiger partial charge in [-0.05, 0) is 20.8 Å². The maximum atomic E-state index is 5.79. The van der Waals surface area contributed by atoms with E-state index in [1.165, 1.54) is 0 Å². The van der Waals surface area contributed by atoms with Gasteiger partial charge in [0.15, 0.2) is 0 Å². The highest BCUT2D eigenvalue weighted by Gasteiger charge is 2.11. The third-order valence-corrected chi connectivity index (χ3v) is 2.35. The minimum Gasteiger partial charge on any atom is -0.488 e. The molecule has 1 heterocycles. The predicted octanol–water partition coefficient (Wildman–Crippen LogP) is 1.57. The van der Waals surface area contributed by atoms with Crippen molar-refractivity contribution < 1.29 is 9.47 Å². The summed E-state index contributed by atoms with van der Waals surface area (Å²) in [6.07, 6.45) is 0.0106. The Labute approximate surface area is 96.8 Å². The van der Waals surface area contributed by atoms with Crippen molar-refractivity contribution in [1.29, 1.82) is 0 Å². The molecule has 0 aliphatic rings. The largest absolute Gasteiger partial charge is 0.488 e. The highest BCUT2D eigenvalue weighted by Crippen LogP contribution is 2.22. The molecule has 4 heteroatoms. The van der Waals surface area contributed by atoms with E-state index in [-0.39, 0.29) is 6.10 Å². The molecular weight excluding hydrogens is 204 g/mol. The van der Waals surface area contributed by atoms with Crippen molar-refractivity contribution >= 4 is 0 Å². The highest BCUT2D eigenvalue weighted by atomic mass is 16.5. The molecule has 0 spiro atoms. The molecule has 0 fully saturated rings. The van der Waals surface area contributed by atoms with E-state index in [2.05, 4.69) is 4.98 Å². The van der Waals surface area contributed by atoms with Gasteiger partial charge in [-0.15, -0.1) is 0 Å². The van der Waals surface area contributed by atoms with Gasteiger partial charge in [0.1, 0.15) is 11.9 Å². The summed E-state index contributed by atoms with van der Waals surface area (Å²) in [5.41, 5.74) is 8.54. The number of hydrogen-bond acceptors (Lipinski definition) is 4. The molecule has 1 aromatic rings. The van der Waals surface area contributed by atoms with Crippen LogP contribution in [0.3, 0.4) is 0 Å². The zero-order chi connectivity index (χ0) is 12.1. The second kappa shape index (κ2) is 5.82. The molecule has 0 radical (unpaired) electrons. The van der Waals surface area contributed by atoms with Gasteiger partial charge in [-0.1, -0.05) is 0 Å². The molecule has 0 bridgehead atoms. The maximum absolute atomic E-state index is 5.79. The van der Waals surface area contributed by atoms with Crippen LogP contribution in [0.15, 0.2) is 6.07 Å². The molecule has 2 N–H and O–H groups in total. The van der Waals surface area contributed by atoms with E-state index < -0.39 is 0 Å². The first kappa shape index (κ1) is 12.9. The number of methoxy groups -OCH3 is 1. The highest BCUT2D eigenvalue weighted by molar-refractivity contribution is 5.37. The molecule has 0 aliphatic carbocycles. The van der Waals surface area contributed by atoms with Gasteiger partial charge in [-0.2, -0.15) is 0 Å². The molecule has 1 atom stereocenters. The molecule has 0 amide bonds. The van der Waals surface area contributed by atoms with Crippen molar-refractivity contribution in [2.24, 2.45) is 5.73 Å². The van der Waals surface area contributed by atoms with Gasteiger partial charge in [-0.25, -0.2) is 0 Å². The van der Waals surface area contributed by atoms with Crippen molar-refractivity contribution in [3.05, 3.63) is 23.0 Å². The number of aromatic nitrogens is 1. The Kier molecular flexibility index (Phi) is 4.71.